The molecule has 160 valence electrons. The summed E-state index contributed by atoms with van der Waals surface area (Å²) in [6.07, 6.45) is 19.3. The number of rotatable bonds is 12. The van der Waals surface area contributed by atoms with E-state index in [1.807, 2.05) is 14.1 Å². The van der Waals surface area contributed by atoms with Gasteiger partial charge in [0, 0.05) is 26.4 Å². The molecule has 0 spiro atoms. The third-order valence-electron chi connectivity index (χ3n) is 6.82. The molecule has 0 aliphatic heterocycles. The quantitative estimate of drug-likeness (QED) is 0.341. The van der Waals surface area contributed by atoms with E-state index in [-0.39, 0.29) is 12.0 Å². The predicted molar refractivity (Wildman–Crippen MR) is 118 cm³/mol. The average Bonchev–Trinajstić information content (AvgIpc) is 3.17. The second kappa shape index (κ2) is 11.8. The van der Waals surface area contributed by atoms with Crippen LogP contribution in [0.5, 0.6) is 0 Å². The smallest absolute Gasteiger partial charge is 0.222 e. The van der Waals surface area contributed by atoms with E-state index in [0.29, 0.717) is 24.2 Å². The Morgan fingerprint density at radius 2 is 2.07 bits per heavy atom. The van der Waals surface area contributed by atoms with Crippen LogP contribution >= 0.6 is 0 Å². The highest BCUT2D eigenvalue weighted by molar-refractivity contribution is 5.75. The summed E-state index contributed by atoms with van der Waals surface area (Å²) in [6.45, 7) is 4.63. The molecule has 2 aliphatic rings. The van der Waals surface area contributed by atoms with Gasteiger partial charge in [-0.25, -0.2) is 0 Å². The van der Waals surface area contributed by atoms with Gasteiger partial charge in [-0.1, -0.05) is 56.9 Å². The first-order valence-electron chi connectivity index (χ1n) is 11.7. The van der Waals surface area contributed by atoms with Gasteiger partial charge in [-0.2, -0.15) is 0 Å². The number of nitrogens with zero attached hydrogens (tertiary/aromatic N) is 1. The number of amides is 1. The molecule has 0 unspecified atom stereocenters. The third kappa shape index (κ3) is 7.06. The first-order valence-corrected chi connectivity index (χ1v) is 11.7. The monoisotopic (exact) mass is 389 g/mol. The Kier molecular flexibility index (Phi) is 9.77. The molecule has 0 radical (unpaired) electrons. The SMILES string of the molecule is CCCC[C@@H](C)CC/C=C/[C@@H]1[C@H]2CC(CCCCC(=O)N(C)C)=C[C@H]2C[C@H]1O. The summed E-state index contributed by atoms with van der Waals surface area (Å²) in [5.41, 5.74) is 1.56. The van der Waals surface area contributed by atoms with E-state index in [1.54, 1.807) is 10.5 Å². The highest BCUT2D eigenvalue weighted by Crippen LogP contribution is 2.48. The molecule has 1 amide bonds. The van der Waals surface area contributed by atoms with E-state index in [0.717, 1.165) is 44.4 Å². The molecule has 0 aromatic heterocycles. The second-order valence-corrected chi connectivity index (χ2v) is 9.49. The number of aliphatic hydroxyl groups excluding tert-OH is 1. The van der Waals surface area contributed by atoms with Gasteiger partial charge < -0.3 is 10.0 Å². The van der Waals surface area contributed by atoms with Crippen molar-refractivity contribution in [1.82, 2.24) is 4.90 Å². The molecule has 0 heterocycles. The summed E-state index contributed by atoms with van der Waals surface area (Å²) in [6, 6.07) is 0. The van der Waals surface area contributed by atoms with Gasteiger partial charge in [0.1, 0.15) is 0 Å². The molecule has 1 N–H and O–H groups in total. The van der Waals surface area contributed by atoms with E-state index in [2.05, 4.69) is 32.1 Å². The molecule has 1 saturated carbocycles. The van der Waals surface area contributed by atoms with Crippen LogP contribution in [0.4, 0.5) is 0 Å². The fourth-order valence-electron chi connectivity index (χ4n) is 4.97. The lowest BCUT2D eigenvalue weighted by Crippen LogP contribution is -2.21. The van der Waals surface area contributed by atoms with Crippen molar-refractivity contribution in [2.24, 2.45) is 23.7 Å². The molecule has 3 heteroatoms. The van der Waals surface area contributed by atoms with E-state index < -0.39 is 0 Å². The maximum Gasteiger partial charge on any atom is 0.222 e. The molecule has 2 rings (SSSR count). The Morgan fingerprint density at radius 1 is 1.29 bits per heavy atom. The van der Waals surface area contributed by atoms with Gasteiger partial charge in [-0.15, -0.1) is 0 Å². The summed E-state index contributed by atoms with van der Waals surface area (Å²) >= 11 is 0. The van der Waals surface area contributed by atoms with Crippen molar-refractivity contribution in [3.8, 4) is 0 Å². The molecular formula is C25H43NO2. The summed E-state index contributed by atoms with van der Waals surface area (Å²) < 4.78 is 0. The lowest BCUT2D eigenvalue weighted by atomic mass is 9.88. The zero-order chi connectivity index (χ0) is 20.5. The Morgan fingerprint density at radius 3 is 2.79 bits per heavy atom. The van der Waals surface area contributed by atoms with Crippen LogP contribution in [0.25, 0.3) is 0 Å². The number of hydrogen-bond donors (Lipinski definition) is 1. The van der Waals surface area contributed by atoms with Crippen LogP contribution in [-0.2, 0) is 4.79 Å². The zero-order valence-electron chi connectivity index (χ0n) is 18.7. The summed E-state index contributed by atoms with van der Waals surface area (Å²) in [4.78, 5) is 13.4. The van der Waals surface area contributed by atoms with E-state index in [4.69, 9.17) is 0 Å². The molecular weight excluding hydrogens is 346 g/mol. The first kappa shape index (κ1) is 23.2. The standard InChI is InChI=1S/C25H43NO2/c1-5-6-11-19(2)12-7-9-14-22-23-17-20(16-21(23)18-24(22)27)13-8-10-15-25(28)26(3)4/h9,14,16,19,21-24,27H,5-8,10-13,15,17-18H2,1-4H3/b14-9+/t19-,21+,22-,23+,24-/m1/s1. The summed E-state index contributed by atoms with van der Waals surface area (Å²) in [5.74, 6) is 2.54. The van der Waals surface area contributed by atoms with Crippen molar-refractivity contribution in [3.05, 3.63) is 23.8 Å². The lowest BCUT2D eigenvalue weighted by molar-refractivity contribution is -0.128. The molecule has 28 heavy (non-hydrogen) atoms. The maximum atomic E-state index is 11.7. The lowest BCUT2D eigenvalue weighted by Gasteiger charge is -2.18. The van der Waals surface area contributed by atoms with Crippen molar-refractivity contribution in [2.45, 2.75) is 90.6 Å². The Bertz CT molecular complexity index is 537. The predicted octanol–water partition coefficient (Wildman–Crippen LogP) is 5.74. The van der Waals surface area contributed by atoms with Crippen molar-refractivity contribution >= 4 is 5.91 Å². The highest BCUT2D eigenvalue weighted by atomic mass is 16.3. The molecule has 0 saturated heterocycles. The van der Waals surface area contributed by atoms with E-state index in [9.17, 15) is 9.90 Å². The largest absolute Gasteiger partial charge is 0.392 e. The van der Waals surface area contributed by atoms with Crippen molar-refractivity contribution in [2.75, 3.05) is 14.1 Å². The number of allylic oxidation sites excluding steroid dienone is 3. The number of carbonyl (C=O) groups excluding carboxylic acids is 1. The number of hydrogen-bond acceptors (Lipinski definition) is 2. The fraction of sp³-hybridized carbons (Fsp3) is 0.800. The second-order valence-electron chi connectivity index (χ2n) is 9.49. The summed E-state index contributed by atoms with van der Waals surface area (Å²) in [7, 11) is 3.65. The van der Waals surface area contributed by atoms with Gasteiger partial charge in [0.25, 0.3) is 0 Å². The Balaban J connectivity index is 1.71. The van der Waals surface area contributed by atoms with Crippen LogP contribution in [0.2, 0.25) is 0 Å². The van der Waals surface area contributed by atoms with Gasteiger partial charge in [0.05, 0.1) is 6.10 Å². The maximum absolute atomic E-state index is 11.7. The third-order valence-corrected chi connectivity index (χ3v) is 6.82. The molecule has 0 bridgehead atoms. The van der Waals surface area contributed by atoms with Gasteiger partial charge in [0.15, 0.2) is 0 Å². The van der Waals surface area contributed by atoms with Crippen molar-refractivity contribution in [1.29, 1.82) is 0 Å². The molecule has 3 nitrogen and oxygen atoms in total. The van der Waals surface area contributed by atoms with Crippen LogP contribution in [0.1, 0.15) is 84.5 Å². The highest BCUT2D eigenvalue weighted by Gasteiger charge is 2.43. The van der Waals surface area contributed by atoms with Crippen LogP contribution in [0.3, 0.4) is 0 Å². The zero-order valence-corrected chi connectivity index (χ0v) is 18.7. The van der Waals surface area contributed by atoms with E-state index in [1.165, 1.54) is 25.7 Å². The summed E-state index contributed by atoms with van der Waals surface area (Å²) in [5, 5.41) is 10.5. The molecule has 1 fully saturated rings. The number of unbranched alkanes of at least 4 members (excludes halogenated alkanes) is 2. The minimum atomic E-state index is -0.167. The minimum absolute atomic E-state index is 0.167. The van der Waals surface area contributed by atoms with E-state index >= 15 is 0 Å². The van der Waals surface area contributed by atoms with Crippen LogP contribution in [0.15, 0.2) is 23.8 Å². The van der Waals surface area contributed by atoms with Gasteiger partial charge >= 0.3 is 0 Å². The Hall–Kier alpha value is -1.09. The molecule has 2 aliphatic carbocycles. The molecule has 0 aromatic carbocycles. The van der Waals surface area contributed by atoms with Crippen LogP contribution < -0.4 is 0 Å². The molecule has 5 atom stereocenters. The number of aliphatic hydroxyl groups is 1. The van der Waals surface area contributed by atoms with Gasteiger partial charge in [0.2, 0.25) is 5.91 Å². The van der Waals surface area contributed by atoms with Crippen molar-refractivity contribution in [3.63, 3.8) is 0 Å². The van der Waals surface area contributed by atoms with Crippen LogP contribution in [0, 0.1) is 23.7 Å². The van der Waals surface area contributed by atoms with Gasteiger partial charge in [-0.3, -0.25) is 4.79 Å². The Labute approximate surface area is 173 Å². The van der Waals surface area contributed by atoms with Crippen molar-refractivity contribution < 1.29 is 9.90 Å². The average molecular weight is 390 g/mol. The topological polar surface area (TPSA) is 40.5 Å². The number of fused-ring (bicyclic) bond motifs is 1. The number of carbonyl (C=O) groups is 1. The minimum Gasteiger partial charge on any atom is -0.392 e. The normalized spacial score (nSPS) is 27.8. The fourth-order valence-corrected chi connectivity index (χ4v) is 4.97. The molecule has 0 aromatic rings. The first-order chi connectivity index (χ1) is 13.4. The van der Waals surface area contributed by atoms with Gasteiger partial charge in [-0.05, 0) is 62.7 Å². The van der Waals surface area contributed by atoms with Crippen LogP contribution in [-0.4, -0.2) is 36.1 Å².